The molecule has 0 heterocycles. The predicted molar refractivity (Wildman–Crippen MR) is 56.2 cm³/mol. The summed E-state index contributed by atoms with van der Waals surface area (Å²) in [6.07, 6.45) is 0.972. The van der Waals surface area contributed by atoms with E-state index < -0.39 is 0 Å². The SMILES string of the molecule is CC1(C)c2cc(Cl)ccc2CC1N. The van der Waals surface area contributed by atoms with Gasteiger partial charge in [0.05, 0.1) is 0 Å². The molecule has 1 aliphatic carbocycles. The number of benzene rings is 1. The highest BCUT2D eigenvalue weighted by molar-refractivity contribution is 6.30. The fourth-order valence-corrected chi connectivity index (χ4v) is 2.19. The molecule has 2 N–H and O–H groups in total. The Morgan fingerprint density at radius 2 is 2.15 bits per heavy atom. The van der Waals surface area contributed by atoms with Gasteiger partial charge in [-0.3, -0.25) is 0 Å². The van der Waals surface area contributed by atoms with E-state index in [1.54, 1.807) is 0 Å². The van der Waals surface area contributed by atoms with Crippen LogP contribution in [0.5, 0.6) is 0 Å². The molecule has 0 saturated heterocycles. The Morgan fingerprint density at radius 3 is 2.85 bits per heavy atom. The van der Waals surface area contributed by atoms with Gasteiger partial charge in [0, 0.05) is 16.5 Å². The van der Waals surface area contributed by atoms with Crippen molar-refractivity contribution in [2.45, 2.75) is 31.7 Å². The van der Waals surface area contributed by atoms with E-state index in [-0.39, 0.29) is 11.5 Å². The van der Waals surface area contributed by atoms with Crippen LogP contribution < -0.4 is 5.73 Å². The van der Waals surface area contributed by atoms with Gasteiger partial charge in [-0.15, -0.1) is 0 Å². The number of nitrogens with two attached hydrogens (primary N) is 1. The minimum absolute atomic E-state index is 0.0697. The first-order valence-corrected chi connectivity index (χ1v) is 4.94. The minimum atomic E-state index is 0.0697. The Hall–Kier alpha value is -0.530. The zero-order valence-electron chi connectivity index (χ0n) is 7.97. The lowest BCUT2D eigenvalue weighted by atomic mass is 9.83. The van der Waals surface area contributed by atoms with Crippen molar-refractivity contribution in [3.63, 3.8) is 0 Å². The maximum atomic E-state index is 6.07. The maximum absolute atomic E-state index is 6.07. The molecule has 1 aromatic rings. The Morgan fingerprint density at radius 1 is 1.46 bits per heavy atom. The number of hydrogen-bond donors (Lipinski definition) is 1. The maximum Gasteiger partial charge on any atom is 0.0409 e. The zero-order valence-corrected chi connectivity index (χ0v) is 8.73. The standard InChI is InChI=1S/C11H14ClN/c1-11(2)9-6-8(12)4-3-7(9)5-10(11)13/h3-4,6,10H,5,13H2,1-2H3. The van der Waals surface area contributed by atoms with Crippen LogP contribution in [0.2, 0.25) is 5.02 Å². The fourth-order valence-electron chi connectivity index (χ4n) is 2.02. The third-order valence-corrected chi connectivity index (χ3v) is 3.37. The lowest BCUT2D eigenvalue weighted by Gasteiger charge is -2.24. The molecule has 1 aromatic carbocycles. The van der Waals surface area contributed by atoms with E-state index in [0.717, 1.165) is 11.4 Å². The van der Waals surface area contributed by atoms with Gasteiger partial charge in [-0.2, -0.15) is 0 Å². The highest BCUT2D eigenvalue weighted by atomic mass is 35.5. The van der Waals surface area contributed by atoms with Gasteiger partial charge >= 0.3 is 0 Å². The zero-order chi connectivity index (χ0) is 9.64. The normalized spacial score (nSPS) is 24.5. The third kappa shape index (κ3) is 1.27. The van der Waals surface area contributed by atoms with Crippen molar-refractivity contribution in [2.24, 2.45) is 5.73 Å². The smallest absolute Gasteiger partial charge is 0.0409 e. The Bertz CT molecular complexity index is 344. The molecule has 0 amide bonds. The molecule has 13 heavy (non-hydrogen) atoms. The molecule has 2 heteroatoms. The summed E-state index contributed by atoms with van der Waals surface area (Å²) in [5.41, 5.74) is 8.80. The minimum Gasteiger partial charge on any atom is -0.327 e. The van der Waals surface area contributed by atoms with Gasteiger partial charge < -0.3 is 5.73 Å². The van der Waals surface area contributed by atoms with Crippen molar-refractivity contribution in [3.8, 4) is 0 Å². The van der Waals surface area contributed by atoms with E-state index in [4.69, 9.17) is 17.3 Å². The Labute approximate surface area is 83.9 Å². The van der Waals surface area contributed by atoms with Crippen molar-refractivity contribution in [2.75, 3.05) is 0 Å². The van der Waals surface area contributed by atoms with E-state index in [0.29, 0.717) is 0 Å². The van der Waals surface area contributed by atoms with Crippen LogP contribution in [-0.4, -0.2) is 6.04 Å². The number of halogens is 1. The summed E-state index contributed by atoms with van der Waals surface area (Å²) >= 11 is 5.96. The molecule has 70 valence electrons. The number of rotatable bonds is 0. The molecule has 0 spiro atoms. The molecule has 1 nitrogen and oxygen atoms in total. The second-order valence-electron chi connectivity index (χ2n) is 4.33. The van der Waals surface area contributed by atoms with Crippen LogP contribution in [0.3, 0.4) is 0 Å². The molecule has 1 unspecified atom stereocenters. The van der Waals surface area contributed by atoms with Gasteiger partial charge in [0.15, 0.2) is 0 Å². The average Bonchev–Trinajstić information content (AvgIpc) is 2.27. The summed E-state index contributed by atoms with van der Waals surface area (Å²) in [7, 11) is 0. The quantitative estimate of drug-likeness (QED) is 0.677. The molecular formula is C11H14ClN. The molecule has 0 aromatic heterocycles. The summed E-state index contributed by atoms with van der Waals surface area (Å²) < 4.78 is 0. The summed E-state index contributed by atoms with van der Waals surface area (Å²) in [5.74, 6) is 0. The molecule has 0 saturated carbocycles. The van der Waals surface area contributed by atoms with Crippen LogP contribution in [0, 0.1) is 0 Å². The van der Waals surface area contributed by atoms with Gasteiger partial charge in [0.2, 0.25) is 0 Å². The Balaban J connectivity index is 2.57. The topological polar surface area (TPSA) is 26.0 Å². The van der Waals surface area contributed by atoms with E-state index in [2.05, 4.69) is 19.9 Å². The molecule has 1 aliphatic rings. The first kappa shape index (κ1) is 9.04. The van der Waals surface area contributed by atoms with E-state index in [1.165, 1.54) is 11.1 Å². The fraction of sp³-hybridized carbons (Fsp3) is 0.455. The predicted octanol–water partition coefficient (Wildman–Crippen LogP) is 2.50. The van der Waals surface area contributed by atoms with Crippen LogP contribution in [0.15, 0.2) is 18.2 Å². The monoisotopic (exact) mass is 195 g/mol. The van der Waals surface area contributed by atoms with Crippen LogP contribution >= 0.6 is 11.6 Å². The third-order valence-electron chi connectivity index (χ3n) is 3.13. The second-order valence-corrected chi connectivity index (χ2v) is 4.77. The molecule has 0 fully saturated rings. The molecular weight excluding hydrogens is 182 g/mol. The summed E-state index contributed by atoms with van der Waals surface area (Å²) in [6, 6.07) is 6.30. The first-order chi connectivity index (χ1) is 6.01. The van der Waals surface area contributed by atoms with Gasteiger partial charge in [-0.1, -0.05) is 31.5 Å². The van der Waals surface area contributed by atoms with Crippen LogP contribution in [0.1, 0.15) is 25.0 Å². The van der Waals surface area contributed by atoms with Gasteiger partial charge in [0.1, 0.15) is 0 Å². The van der Waals surface area contributed by atoms with E-state index in [1.807, 2.05) is 12.1 Å². The molecule has 0 bridgehead atoms. The van der Waals surface area contributed by atoms with Crippen LogP contribution in [0.25, 0.3) is 0 Å². The van der Waals surface area contributed by atoms with E-state index in [9.17, 15) is 0 Å². The Kier molecular flexibility index (Phi) is 1.90. The van der Waals surface area contributed by atoms with Crippen molar-refractivity contribution in [3.05, 3.63) is 34.3 Å². The molecule has 2 rings (SSSR count). The van der Waals surface area contributed by atoms with E-state index >= 15 is 0 Å². The van der Waals surface area contributed by atoms with Gasteiger partial charge in [-0.05, 0) is 29.7 Å². The van der Waals surface area contributed by atoms with Gasteiger partial charge in [-0.25, -0.2) is 0 Å². The lowest BCUT2D eigenvalue weighted by molar-refractivity contribution is 0.445. The molecule has 0 aliphatic heterocycles. The summed E-state index contributed by atoms with van der Waals surface area (Å²) in [4.78, 5) is 0. The van der Waals surface area contributed by atoms with Crippen molar-refractivity contribution in [1.29, 1.82) is 0 Å². The summed E-state index contributed by atoms with van der Waals surface area (Å²) in [5, 5.41) is 0.806. The number of hydrogen-bond acceptors (Lipinski definition) is 1. The van der Waals surface area contributed by atoms with Crippen molar-refractivity contribution < 1.29 is 0 Å². The first-order valence-electron chi connectivity index (χ1n) is 4.56. The van der Waals surface area contributed by atoms with Crippen molar-refractivity contribution in [1.82, 2.24) is 0 Å². The highest BCUT2D eigenvalue weighted by Gasteiger charge is 2.36. The van der Waals surface area contributed by atoms with Gasteiger partial charge in [0.25, 0.3) is 0 Å². The largest absolute Gasteiger partial charge is 0.327 e. The van der Waals surface area contributed by atoms with Crippen LogP contribution in [0.4, 0.5) is 0 Å². The average molecular weight is 196 g/mol. The summed E-state index contributed by atoms with van der Waals surface area (Å²) in [6.45, 7) is 4.36. The highest BCUT2D eigenvalue weighted by Crippen LogP contribution is 2.38. The molecule has 1 atom stereocenters. The number of fused-ring (bicyclic) bond motifs is 1. The molecule has 0 radical (unpaired) electrons. The van der Waals surface area contributed by atoms with Crippen LogP contribution in [-0.2, 0) is 11.8 Å². The van der Waals surface area contributed by atoms with Crippen molar-refractivity contribution >= 4 is 11.6 Å². The second kappa shape index (κ2) is 2.73. The lowest BCUT2D eigenvalue weighted by Crippen LogP contribution is -2.36.